The third-order valence-electron chi connectivity index (χ3n) is 3.24. The van der Waals surface area contributed by atoms with Gasteiger partial charge in [-0.3, -0.25) is 9.00 Å². The van der Waals surface area contributed by atoms with Gasteiger partial charge in [0.1, 0.15) is 11.4 Å². The van der Waals surface area contributed by atoms with Crippen LogP contribution in [0.1, 0.15) is 28.7 Å². The molecule has 130 valence electrons. The molecule has 0 bridgehead atoms. The van der Waals surface area contributed by atoms with E-state index in [1.165, 1.54) is 6.92 Å². The van der Waals surface area contributed by atoms with Gasteiger partial charge in [-0.1, -0.05) is 30.1 Å². The highest BCUT2D eigenvalue weighted by molar-refractivity contribution is 7.85. The van der Waals surface area contributed by atoms with Gasteiger partial charge >= 0.3 is 6.18 Å². The Morgan fingerprint density at radius 1 is 1.29 bits per heavy atom. The number of rotatable bonds is 4. The van der Waals surface area contributed by atoms with E-state index < -0.39 is 22.5 Å². The van der Waals surface area contributed by atoms with Gasteiger partial charge in [-0.25, -0.2) is 4.68 Å². The number of hydrogen-bond donors (Lipinski definition) is 0. The van der Waals surface area contributed by atoms with Gasteiger partial charge < -0.3 is 0 Å². The Kier molecular flexibility index (Phi) is 5.41. The lowest BCUT2D eigenvalue weighted by Crippen LogP contribution is -2.08. The molecule has 0 aliphatic carbocycles. The van der Waals surface area contributed by atoms with Crippen molar-refractivity contribution in [2.45, 2.75) is 24.9 Å². The van der Waals surface area contributed by atoms with Gasteiger partial charge in [-0.05, 0) is 19.1 Å². The van der Waals surface area contributed by atoms with Crippen molar-refractivity contribution in [3.05, 3.63) is 39.1 Å². The van der Waals surface area contributed by atoms with Crippen LogP contribution < -0.4 is 0 Å². The molecule has 1 heterocycles. The molecule has 2 aromatic rings. The van der Waals surface area contributed by atoms with Gasteiger partial charge in [0.05, 0.1) is 37.0 Å². The zero-order valence-electron chi connectivity index (χ0n) is 12.4. The second-order valence-electron chi connectivity index (χ2n) is 4.75. The van der Waals surface area contributed by atoms with E-state index >= 15 is 0 Å². The normalized spacial score (nSPS) is 13.1. The summed E-state index contributed by atoms with van der Waals surface area (Å²) in [5.74, 6) is 0.252. The fraction of sp³-hybridized carbons (Fsp3) is 0.286. The summed E-state index contributed by atoms with van der Waals surface area (Å²) in [6, 6.07) is 1.45. The lowest BCUT2D eigenvalue weighted by Gasteiger charge is -2.13. The predicted molar refractivity (Wildman–Crippen MR) is 85.7 cm³/mol. The summed E-state index contributed by atoms with van der Waals surface area (Å²) < 4.78 is 51.7. The van der Waals surface area contributed by atoms with Crippen LogP contribution in [-0.4, -0.2) is 26.0 Å². The summed E-state index contributed by atoms with van der Waals surface area (Å²) in [6.45, 7) is 3.20. The summed E-state index contributed by atoms with van der Waals surface area (Å²) in [7, 11) is -1.48. The second kappa shape index (κ2) is 6.85. The van der Waals surface area contributed by atoms with Crippen molar-refractivity contribution >= 4 is 40.3 Å². The molecule has 4 nitrogen and oxygen atoms in total. The molecular weight excluding hydrogens is 388 g/mol. The molecule has 0 radical (unpaired) electrons. The molecule has 1 unspecified atom stereocenters. The van der Waals surface area contributed by atoms with Crippen molar-refractivity contribution in [1.29, 1.82) is 0 Å². The molecule has 2 rings (SSSR count). The fourth-order valence-electron chi connectivity index (χ4n) is 2.16. The third-order valence-corrected chi connectivity index (χ3v) is 5.30. The lowest BCUT2D eigenvalue weighted by atomic mass is 10.2. The molecule has 24 heavy (non-hydrogen) atoms. The summed E-state index contributed by atoms with van der Waals surface area (Å²) in [5.41, 5.74) is -0.758. The molecule has 0 aliphatic rings. The number of carbonyl (C=O) groups is 1. The van der Waals surface area contributed by atoms with E-state index in [-0.39, 0.29) is 32.1 Å². The summed E-state index contributed by atoms with van der Waals surface area (Å²) in [4.78, 5) is 11.4. The van der Waals surface area contributed by atoms with Crippen LogP contribution in [0.2, 0.25) is 10.0 Å². The molecule has 0 saturated carbocycles. The van der Waals surface area contributed by atoms with Crippen molar-refractivity contribution in [1.82, 2.24) is 9.78 Å². The maximum absolute atomic E-state index is 12.8. The Hall–Kier alpha value is -1.38. The van der Waals surface area contributed by atoms with Crippen molar-refractivity contribution in [3.8, 4) is 5.69 Å². The molecule has 1 aromatic heterocycles. The Labute approximate surface area is 148 Å². The first-order chi connectivity index (χ1) is 11.1. The van der Waals surface area contributed by atoms with Crippen LogP contribution in [0.3, 0.4) is 0 Å². The highest BCUT2D eigenvalue weighted by atomic mass is 35.5. The minimum absolute atomic E-state index is 0.00807. The zero-order valence-corrected chi connectivity index (χ0v) is 14.8. The minimum atomic E-state index is -4.60. The first kappa shape index (κ1) is 19.0. The summed E-state index contributed by atoms with van der Waals surface area (Å²) in [6.07, 6.45) is -4.17. The van der Waals surface area contributed by atoms with E-state index in [0.717, 1.165) is 16.8 Å². The van der Waals surface area contributed by atoms with Gasteiger partial charge in [-0.15, -0.1) is 0 Å². The maximum atomic E-state index is 12.8. The molecule has 1 atom stereocenters. The Balaban J connectivity index is 2.72. The van der Waals surface area contributed by atoms with Crippen LogP contribution in [0.25, 0.3) is 5.69 Å². The number of carbonyl (C=O) groups excluding carboxylic acids is 1. The Morgan fingerprint density at radius 3 is 2.25 bits per heavy atom. The molecule has 10 heteroatoms. The highest BCUT2D eigenvalue weighted by Crippen LogP contribution is 2.38. The monoisotopic (exact) mass is 398 g/mol. The van der Waals surface area contributed by atoms with Gasteiger partial charge in [-0.2, -0.15) is 18.3 Å². The highest BCUT2D eigenvalue weighted by Gasteiger charge is 2.33. The molecule has 0 amide bonds. The fourth-order valence-corrected chi connectivity index (χ4v) is 3.84. The second-order valence-corrected chi connectivity index (χ2v) is 7.24. The number of alkyl halides is 3. The Bertz CT molecular complexity index is 811. The number of benzene rings is 1. The zero-order chi connectivity index (χ0) is 18.2. The molecule has 0 saturated heterocycles. The Morgan fingerprint density at radius 2 is 1.83 bits per heavy atom. The van der Waals surface area contributed by atoms with Gasteiger partial charge in [0.25, 0.3) is 0 Å². The number of aromatic nitrogens is 2. The third kappa shape index (κ3) is 3.36. The maximum Gasteiger partial charge on any atom is 0.416 e. The van der Waals surface area contributed by atoms with Crippen molar-refractivity contribution in [3.63, 3.8) is 0 Å². The predicted octanol–water partition coefficient (Wildman–Crippen LogP) is 4.45. The number of halogens is 5. The summed E-state index contributed by atoms with van der Waals surface area (Å²) >= 11 is 11.9. The molecule has 1 aromatic carbocycles. The van der Waals surface area contributed by atoms with Gasteiger partial charge in [0, 0.05) is 5.75 Å². The number of hydrogen-bond acceptors (Lipinski definition) is 3. The molecule has 0 spiro atoms. The van der Waals surface area contributed by atoms with Crippen LogP contribution in [0.15, 0.2) is 17.0 Å². The quantitative estimate of drug-likeness (QED) is 0.714. The average molecular weight is 399 g/mol. The first-order valence-corrected chi connectivity index (χ1v) is 8.69. The minimum Gasteiger partial charge on any atom is -0.296 e. The van der Waals surface area contributed by atoms with Gasteiger partial charge in [0.15, 0.2) is 6.29 Å². The number of aldehydes is 1. The average Bonchev–Trinajstić information content (AvgIpc) is 2.81. The standard InChI is InChI=1S/C14H11Cl2F3N2O2S/c1-3-24(23)13-7(2)21(20-11(13)6-22)12-9(15)4-8(5-10(12)16)14(17,18)19/h4-6H,3H2,1-2H3. The van der Waals surface area contributed by atoms with Crippen LogP contribution >= 0.6 is 23.2 Å². The van der Waals surface area contributed by atoms with Crippen LogP contribution in [0, 0.1) is 6.92 Å². The van der Waals surface area contributed by atoms with Crippen molar-refractivity contribution in [2.75, 3.05) is 5.75 Å². The van der Waals surface area contributed by atoms with E-state index in [2.05, 4.69) is 5.10 Å². The van der Waals surface area contributed by atoms with Crippen molar-refractivity contribution < 1.29 is 22.2 Å². The molecule has 0 N–H and O–H groups in total. The van der Waals surface area contributed by atoms with Gasteiger partial charge in [0.2, 0.25) is 0 Å². The topological polar surface area (TPSA) is 52.0 Å². The van der Waals surface area contributed by atoms with E-state index in [4.69, 9.17) is 23.2 Å². The van der Waals surface area contributed by atoms with E-state index in [0.29, 0.717) is 12.0 Å². The SMILES string of the molecule is CCS(=O)c1c(C=O)nn(-c2c(Cl)cc(C(F)(F)F)cc2Cl)c1C. The van der Waals surface area contributed by atoms with Crippen molar-refractivity contribution in [2.24, 2.45) is 0 Å². The van der Waals surface area contributed by atoms with E-state index in [1.807, 2.05) is 0 Å². The summed E-state index contributed by atoms with van der Waals surface area (Å²) in [5, 5.41) is 3.42. The molecule has 0 fully saturated rings. The lowest BCUT2D eigenvalue weighted by molar-refractivity contribution is -0.137. The van der Waals surface area contributed by atoms with Crippen LogP contribution in [0.5, 0.6) is 0 Å². The van der Waals surface area contributed by atoms with E-state index in [1.54, 1.807) is 6.92 Å². The number of nitrogens with zero attached hydrogens (tertiary/aromatic N) is 2. The molecule has 0 aliphatic heterocycles. The first-order valence-electron chi connectivity index (χ1n) is 6.61. The largest absolute Gasteiger partial charge is 0.416 e. The van der Waals surface area contributed by atoms with Crippen LogP contribution in [0.4, 0.5) is 13.2 Å². The molecular formula is C14H11Cl2F3N2O2S. The van der Waals surface area contributed by atoms with E-state index in [9.17, 15) is 22.2 Å². The smallest absolute Gasteiger partial charge is 0.296 e. The van der Waals surface area contributed by atoms with Crippen LogP contribution in [-0.2, 0) is 17.0 Å².